The molecule has 23 heavy (non-hydrogen) atoms. The Hall–Kier alpha value is -0.670. The van der Waals surface area contributed by atoms with Gasteiger partial charge in [0.1, 0.15) is 0 Å². The highest BCUT2D eigenvalue weighted by molar-refractivity contribution is 9.10. The highest BCUT2D eigenvalue weighted by Gasteiger charge is 2.26. The van der Waals surface area contributed by atoms with E-state index < -0.39 is 10.0 Å². The Kier molecular flexibility index (Phi) is 7.03. The van der Waals surface area contributed by atoms with Crippen LogP contribution in [0.1, 0.15) is 17.3 Å². The molecule has 1 saturated heterocycles. The Bertz CT molecular complexity index is 682. The van der Waals surface area contributed by atoms with Crippen molar-refractivity contribution >= 4 is 44.3 Å². The molecule has 0 aliphatic carbocycles. The van der Waals surface area contributed by atoms with E-state index in [1.165, 1.54) is 20.2 Å². The summed E-state index contributed by atoms with van der Waals surface area (Å²) in [6.45, 7) is 4.17. The molecule has 130 valence electrons. The topological polar surface area (TPSA) is 69.7 Å². The maximum atomic E-state index is 12.6. The summed E-state index contributed by atoms with van der Waals surface area (Å²) in [5.74, 6) is -0.0801. The standard InChI is InChI=1S/C14H20BrN3O3S.ClH/c1-10-9-16-6-7-18(10)14(19)11-4-5-13(12(15)8-11)22(20,21)17(2)3;/h4-5,8,10,16H,6-7,9H2,1-3H3;1H/t10-;/m1./s1. The summed E-state index contributed by atoms with van der Waals surface area (Å²) in [6.07, 6.45) is 0. The van der Waals surface area contributed by atoms with Gasteiger partial charge in [-0.15, -0.1) is 12.4 Å². The van der Waals surface area contributed by atoms with Crippen molar-refractivity contribution in [2.24, 2.45) is 0 Å². The number of sulfonamides is 1. The molecule has 1 fully saturated rings. The van der Waals surface area contributed by atoms with E-state index in [2.05, 4.69) is 21.2 Å². The molecule has 0 bridgehead atoms. The highest BCUT2D eigenvalue weighted by atomic mass is 79.9. The van der Waals surface area contributed by atoms with Crippen LogP contribution in [-0.4, -0.2) is 63.3 Å². The molecule has 1 aromatic carbocycles. The summed E-state index contributed by atoms with van der Waals surface area (Å²) in [5.41, 5.74) is 0.485. The number of nitrogens with zero attached hydrogens (tertiary/aromatic N) is 2. The molecule has 0 radical (unpaired) electrons. The van der Waals surface area contributed by atoms with Gasteiger partial charge in [0, 0.05) is 49.8 Å². The Balaban J connectivity index is 0.00000264. The van der Waals surface area contributed by atoms with Gasteiger partial charge in [0.2, 0.25) is 10.0 Å². The monoisotopic (exact) mass is 425 g/mol. The van der Waals surface area contributed by atoms with Crippen LogP contribution in [0.2, 0.25) is 0 Å². The third-order valence-corrected chi connectivity index (χ3v) is 6.49. The van der Waals surface area contributed by atoms with Gasteiger partial charge >= 0.3 is 0 Å². The summed E-state index contributed by atoms with van der Waals surface area (Å²) in [6, 6.07) is 4.73. The molecule has 1 aromatic rings. The Labute approximate surface area is 151 Å². The zero-order chi connectivity index (χ0) is 16.5. The van der Waals surface area contributed by atoms with Gasteiger partial charge in [0.05, 0.1) is 4.90 Å². The second-order valence-electron chi connectivity index (χ2n) is 5.48. The van der Waals surface area contributed by atoms with Crippen LogP contribution in [0.3, 0.4) is 0 Å². The van der Waals surface area contributed by atoms with E-state index in [0.717, 1.165) is 17.4 Å². The van der Waals surface area contributed by atoms with Crippen LogP contribution < -0.4 is 5.32 Å². The van der Waals surface area contributed by atoms with E-state index in [1.54, 1.807) is 17.0 Å². The number of nitrogens with one attached hydrogen (secondary N) is 1. The minimum absolute atomic E-state index is 0. The van der Waals surface area contributed by atoms with Crippen molar-refractivity contribution in [3.8, 4) is 0 Å². The van der Waals surface area contributed by atoms with E-state index in [4.69, 9.17) is 0 Å². The van der Waals surface area contributed by atoms with Crippen LogP contribution >= 0.6 is 28.3 Å². The van der Waals surface area contributed by atoms with Gasteiger partial charge in [-0.1, -0.05) is 0 Å². The van der Waals surface area contributed by atoms with E-state index >= 15 is 0 Å². The molecular weight excluding hydrogens is 406 g/mol. The molecule has 2 rings (SSSR count). The predicted octanol–water partition coefficient (Wildman–Crippen LogP) is 1.56. The molecule has 1 N–H and O–H groups in total. The predicted molar refractivity (Wildman–Crippen MR) is 95.6 cm³/mol. The third kappa shape index (κ3) is 4.24. The van der Waals surface area contributed by atoms with Crippen LogP contribution in [0, 0.1) is 0 Å². The number of hydrogen-bond acceptors (Lipinski definition) is 4. The van der Waals surface area contributed by atoms with Crippen LogP contribution in [0.5, 0.6) is 0 Å². The molecule has 9 heteroatoms. The Morgan fingerprint density at radius 3 is 2.57 bits per heavy atom. The molecule has 0 saturated carbocycles. The number of piperazine rings is 1. The van der Waals surface area contributed by atoms with Gasteiger partial charge < -0.3 is 10.2 Å². The summed E-state index contributed by atoms with van der Waals surface area (Å²) in [4.78, 5) is 14.5. The Morgan fingerprint density at radius 2 is 2.04 bits per heavy atom. The van der Waals surface area contributed by atoms with E-state index in [-0.39, 0.29) is 29.3 Å². The third-order valence-electron chi connectivity index (χ3n) is 3.70. The van der Waals surface area contributed by atoms with Crippen molar-refractivity contribution in [2.75, 3.05) is 33.7 Å². The van der Waals surface area contributed by atoms with E-state index in [1.807, 2.05) is 6.92 Å². The van der Waals surface area contributed by atoms with Gasteiger partial charge in [-0.3, -0.25) is 4.79 Å². The van der Waals surface area contributed by atoms with Crippen LogP contribution in [0.25, 0.3) is 0 Å². The van der Waals surface area contributed by atoms with E-state index in [0.29, 0.717) is 16.6 Å². The molecule has 6 nitrogen and oxygen atoms in total. The van der Waals surface area contributed by atoms with Crippen LogP contribution in [0.4, 0.5) is 0 Å². The van der Waals surface area contributed by atoms with Crippen molar-refractivity contribution in [3.05, 3.63) is 28.2 Å². The molecule has 1 aliphatic rings. The lowest BCUT2D eigenvalue weighted by Gasteiger charge is -2.34. The quantitative estimate of drug-likeness (QED) is 0.796. The van der Waals surface area contributed by atoms with Gasteiger partial charge in [-0.05, 0) is 41.1 Å². The molecule has 0 aromatic heterocycles. The zero-order valence-corrected chi connectivity index (χ0v) is 16.5. The number of carbonyl (C=O) groups excluding carboxylic acids is 1. The summed E-state index contributed by atoms with van der Waals surface area (Å²) in [7, 11) is -0.583. The zero-order valence-electron chi connectivity index (χ0n) is 13.2. The number of benzene rings is 1. The first-order valence-corrected chi connectivity index (χ1v) is 9.22. The minimum atomic E-state index is -3.53. The molecular formula is C14H21BrClN3O3S. The number of halogens is 2. The molecule has 0 spiro atoms. The first-order chi connectivity index (χ1) is 10.2. The number of rotatable bonds is 3. The first-order valence-electron chi connectivity index (χ1n) is 6.99. The van der Waals surface area contributed by atoms with Crippen molar-refractivity contribution in [1.82, 2.24) is 14.5 Å². The van der Waals surface area contributed by atoms with Crippen molar-refractivity contribution in [3.63, 3.8) is 0 Å². The average Bonchev–Trinajstić information content (AvgIpc) is 2.46. The second-order valence-corrected chi connectivity index (χ2v) is 8.46. The summed E-state index contributed by atoms with van der Waals surface area (Å²) >= 11 is 3.27. The molecule has 1 aliphatic heterocycles. The van der Waals surface area contributed by atoms with Gasteiger partial charge in [0.25, 0.3) is 5.91 Å². The SMILES string of the molecule is C[C@@H]1CNCCN1C(=O)c1ccc(S(=O)(=O)N(C)C)c(Br)c1.Cl. The van der Waals surface area contributed by atoms with Crippen molar-refractivity contribution < 1.29 is 13.2 Å². The lowest BCUT2D eigenvalue weighted by atomic mass is 10.1. The summed E-state index contributed by atoms with van der Waals surface area (Å²) < 4.78 is 25.9. The summed E-state index contributed by atoms with van der Waals surface area (Å²) in [5, 5.41) is 3.24. The fourth-order valence-corrected chi connectivity index (χ4v) is 4.28. The molecule has 1 heterocycles. The maximum Gasteiger partial charge on any atom is 0.254 e. The fraction of sp³-hybridized carbons (Fsp3) is 0.500. The van der Waals surface area contributed by atoms with Crippen molar-refractivity contribution in [1.29, 1.82) is 0 Å². The second kappa shape index (κ2) is 7.94. The largest absolute Gasteiger partial charge is 0.333 e. The number of carbonyl (C=O) groups is 1. The fourth-order valence-electron chi connectivity index (χ4n) is 2.35. The normalized spacial score (nSPS) is 18.7. The lowest BCUT2D eigenvalue weighted by Crippen LogP contribution is -2.52. The first kappa shape index (κ1) is 20.4. The maximum absolute atomic E-state index is 12.6. The van der Waals surface area contributed by atoms with E-state index in [9.17, 15) is 13.2 Å². The lowest BCUT2D eigenvalue weighted by molar-refractivity contribution is 0.0655. The molecule has 1 amide bonds. The molecule has 0 unspecified atom stereocenters. The van der Waals surface area contributed by atoms with Gasteiger partial charge in [-0.2, -0.15) is 0 Å². The Morgan fingerprint density at radius 1 is 1.39 bits per heavy atom. The van der Waals surface area contributed by atoms with Gasteiger partial charge in [0.15, 0.2) is 0 Å². The number of hydrogen-bond donors (Lipinski definition) is 1. The highest BCUT2D eigenvalue weighted by Crippen LogP contribution is 2.26. The smallest absolute Gasteiger partial charge is 0.254 e. The van der Waals surface area contributed by atoms with Gasteiger partial charge in [-0.25, -0.2) is 12.7 Å². The van der Waals surface area contributed by atoms with Crippen LogP contribution in [-0.2, 0) is 10.0 Å². The minimum Gasteiger partial charge on any atom is -0.333 e. The number of amides is 1. The van der Waals surface area contributed by atoms with Crippen molar-refractivity contribution in [2.45, 2.75) is 17.9 Å². The average molecular weight is 427 g/mol. The molecule has 1 atom stereocenters. The van der Waals surface area contributed by atoms with Crippen LogP contribution in [0.15, 0.2) is 27.6 Å².